The van der Waals surface area contributed by atoms with Crippen LogP contribution >= 0.6 is 11.6 Å². The van der Waals surface area contributed by atoms with Gasteiger partial charge in [0.15, 0.2) is 0 Å². The highest BCUT2D eigenvalue weighted by atomic mass is 35.5. The molecule has 1 aromatic heterocycles. The summed E-state index contributed by atoms with van der Waals surface area (Å²) in [5.74, 6) is 1.27. The summed E-state index contributed by atoms with van der Waals surface area (Å²) in [6, 6.07) is 3.75. The zero-order valence-corrected chi connectivity index (χ0v) is 13.5. The molecule has 0 bridgehead atoms. The van der Waals surface area contributed by atoms with Gasteiger partial charge in [0.1, 0.15) is 11.5 Å². The topological polar surface area (TPSA) is 54.0 Å². The summed E-state index contributed by atoms with van der Waals surface area (Å²) < 4.78 is 0. The van der Waals surface area contributed by atoms with Gasteiger partial charge in [0.2, 0.25) is 0 Å². The van der Waals surface area contributed by atoms with E-state index in [1.807, 2.05) is 6.92 Å². The van der Waals surface area contributed by atoms with Gasteiger partial charge in [-0.15, -0.1) is 0 Å². The molecule has 1 heterocycles. The van der Waals surface area contributed by atoms with Crippen LogP contribution in [-0.2, 0) is 0 Å². The Labute approximate surface area is 131 Å². The minimum atomic E-state index is -0.167. The summed E-state index contributed by atoms with van der Waals surface area (Å²) in [5.41, 5.74) is 0.312. The zero-order chi connectivity index (χ0) is 15.2. The van der Waals surface area contributed by atoms with Gasteiger partial charge in [-0.1, -0.05) is 31.4 Å². The van der Waals surface area contributed by atoms with Gasteiger partial charge in [-0.3, -0.25) is 4.79 Å². The van der Waals surface area contributed by atoms with Crippen molar-refractivity contribution < 1.29 is 4.79 Å². The second-order valence-corrected chi connectivity index (χ2v) is 6.25. The predicted octanol–water partition coefficient (Wildman–Crippen LogP) is 3.87. The summed E-state index contributed by atoms with van der Waals surface area (Å²) in [6.07, 6.45) is 5.67. The van der Waals surface area contributed by atoms with E-state index < -0.39 is 0 Å². The third kappa shape index (κ3) is 4.60. The molecule has 21 heavy (non-hydrogen) atoms. The summed E-state index contributed by atoms with van der Waals surface area (Å²) >= 11 is 6.11. The quantitative estimate of drug-likeness (QED) is 0.830. The number of amides is 1. The standard InChI is InChI=1S/C16H24ClN3O/c1-3-18-14-10-9-13(17)15(20-14)16(21)19-12-6-4-5-11(2)7-8-12/h9-12H,3-8H2,1-2H3,(H,18,20)(H,19,21). The van der Waals surface area contributed by atoms with Gasteiger partial charge in [0.25, 0.3) is 5.91 Å². The van der Waals surface area contributed by atoms with E-state index in [4.69, 9.17) is 11.6 Å². The number of anilines is 1. The minimum absolute atomic E-state index is 0.167. The summed E-state index contributed by atoms with van der Waals surface area (Å²) in [7, 11) is 0. The number of carbonyl (C=O) groups is 1. The smallest absolute Gasteiger partial charge is 0.271 e. The van der Waals surface area contributed by atoms with E-state index in [-0.39, 0.29) is 11.9 Å². The highest BCUT2D eigenvalue weighted by Gasteiger charge is 2.20. The van der Waals surface area contributed by atoms with Crippen LogP contribution in [0.5, 0.6) is 0 Å². The number of halogens is 1. The molecule has 1 aromatic rings. The number of hydrogen-bond donors (Lipinski definition) is 2. The van der Waals surface area contributed by atoms with Gasteiger partial charge in [-0.05, 0) is 44.2 Å². The van der Waals surface area contributed by atoms with Crippen LogP contribution in [0.2, 0.25) is 5.02 Å². The van der Waals surface area contributed by atoms with E-state index in [0.29, 0.717) is 16.5 Å². The molecule has 1 aliphatic rings. The maximum absolute atomic E-state index is 12.4. The van der Waals surface area contributed by atoms with Crippen molar-refractivity contribution >= 4 is 23.3 Å². The van der Waals surface area contributed by atoms with Crippen LogP contribution in [0.15, 0.2) is 12.1 Å². The molecule has 0 radical (unpaired) electrons. The van der Waals surface area contributed by atoms with Crippen LogP contribution in [0, 0.1) is 5.92 Å². The molecule has 116 valence electrons. The van der Waals surface area contributed by atoms with Crippen LogP contribution in [0.3, 0.4) is 0 Å². The molecule has 4 nitrogen and oxygen atoms in total. The Bertz CT molecular complexity index is 492. The van der Waals surface area contributed by atoms with Gasteiger partial charge < -0.3 is 10.6 Å². The first-order chi connectivity index (χ1) is 10.1. The number of pyridine rings is 1. The average Bonchev–Trinajstić information content (AvgIpc) is 2.66. The number of nitrogens with zero attached hydrogens (tertiary/aromatic N) is 1. The van der Waals surface area contributed by atoms with Crippen LogP contribution < -0.4 is 10.6 Å². The molecule has 0 saturated heterocycles. The Morgan fingerprint density at radius 3 is 2.90 bits per heavy atom. The average molecular weight is 310 g/mol. The SMILES string of the molecule is CCNc1ccc(Cl)c(C(=O)NC2CCCC(C)CC2)n1. The first-order valence-electron chi connectivity index (χ1n) is 7.81. The van der Waals surface area contributed by atoms with Crippen molar-refractivity contribution in [1.82, 2.24) is 10.3 Å². The number of carbonyl (C=O) groups excluding carboxylic acids is 1. The highest BCUT2D eigenvalue weighted by Crippen LogP contribution is 2.23. The van der Waals surface area contributed by atoms with E-state index in [1.54, 1.807) is 12.1 Å². The van der Waals surface area contributed by atoms with Gasteiger partial charge >= 0.3 is 0 Å². The normalized spacial score (nSPS) is 22.4. The molecule has 2 N–H and O–H groups in total. The molecular weight excluding hydrogens is 286 g/mol. The Morgan fingerprint density at radius 2 is 2.14 bits per heavy atom. The van der Waals surface area contributed by atoms with Crippen LogP contribution in [0.1, 0.15) is 56.4 Å². The molecule has 1 fully saturated rings. The van der Waals surface area contributed by atoms with Crippen molar-refractivity contribution in [3.05, 3.63) is 22.8 Å². The fourth-order valence-electron chi connectivity index (χ4n) is 2.77. The maximum atomic E-state index is 12.4. The molecule has 1 aliphatic carbocycles. The van der Waals surface area contributed by atoms with E-state index in [2.05, 4.69) is 22.5 Å². The molecule has 2 unspecified atom stereocenters. The third-order valence-corrected chi connectivity index (χ3v) is 4.32. The lowest BCUT2D eigenvalue weighted by Gasteiger charge is -2.17. The summed E-state index contributed by atoms with van der Waals surface area (Å²) in [6.45, 7) is 5.03. The Hall–Kier alpha value is -1.29. The Balaban J connectivity index is 2.03. The Kier molecular flexibility index (Phi) is 5.85. The lowest BCUT2D eigenvalue weighted by molar-refractivity contribution is 0.0928. The third-order valence-electron chi connectivity index (χ3n) is 4.01. The van der Waals surface area contributed by atoms with Crippen molar-refractivity contribution in [1.29, 1.82) is 0 Å². The fraction of sp³-hybridized carbons (Fsp3) is 0.625. The molecule has 0 aliphatic heterocycles. The maximum Gasteiger partial charge on any atom is 0.271 e. The van der Waals surface area contributed by atoms with E-state index in [0.717, 1.165) is 25.3 Å². The molecule has 2 rings (SSSR count). The van der Waals surface area contributed by atoms with Crippen molar-refractivity contribution in [2.45, 2.75) is 52.0 Å². The molecular formula is C16H24ClN3O. The van der Waals surface area contributed by atoms with Gasteiger partial charge in [-0.25, -0.2) is 4.98 Å². The van der Waals surface area contributed by atoms with E-state index in [9.17, 15) is 4.79 Å². The van der Waals surface area contributed by atoms with Gasteiger partial charge in [0.05, 0.1) is 5.02 Å². The molecule has 0 spiro atoms. The molecule has 2 atom stereocenters. The molecule has 1 amide bonds. The largest absolute Gasteiger partial charge is 0.370 e. The molecule has 5 heteroatoms. The lowest BCUT2D eigenvalue weighted by Crippen LogP contribution is -2.35. The molecule has 0 aromatic carbocycles. The van der Waals surface area contributed by atoms with Crippen molar-refractivity contribution in [2.75, 3.05) is 11.9 Å². The first kappa shape index (κ1) is 16.1. The second kappa shape index (κ2) is 7.64. The first-order valence-corrected chi connectivity index (χ1v) is 8.19. The van der Waals surface area contributed by atoms with E-state index >= 15 is 0 Å². The number of nitrogens with one attached hydrogen (secondary N) is 2. The fourth-order valence-corrected chi connectivity index (χ4v) is 2.96. The van der Waals surface area contributed by atoms with Gasteiger partial charge in [0, 0.05) is 12.6 Å². The van der Waals surface area contributed by atoms with Crippen LogP contribution in [0.25, 0.3) is 0 Å². The van der Waals surface area contributed by atoms with Crippen LogP contribution in [0.4, 0.5) is 5.82 Å². The van der Waals surface area contributed by atoms with Crippen molar-refractivity contribution in [3.63, 3.8) is 0 Å². The minimum Gasteiger partial charge on any atom is -0.370 e. The van der Waals surface area contributed by atoms with Crippen molar-refractivity contribution in [2.24, 2.45) is 5.92 Å². The summed E-state index contributed by atoms with van der Waals surface area (Å²) in [5, 5.41) is 6.59. The zero-order valence-electron chi connectivity index (χ0n) is 12.8. The van der Waals surface area contributed by atoms with Crippen molar-refractivity contribution in [3.8, 4) is 0 Å². The lowest BCUT2D eigenvalue weighted by atomic mass is 10.0. The number of rotatable bonds is 4. The summed E-state index contributed by atoms with van der Waals surface area (Å²) in [4.78, 5) is 16.7. The Morgan fingerprint density at radius 1 is 1.33 bits per heavy atom. The predicted molar refractivity (Wildman–Crippen MR) is 86.9 cm³/mol. The highest BCUT2D eigenvalue weighted by molar-refractivity contribution is 6.33. The molecule has 1 saturated carbocycles. The number of aromatic nitrogens is 1. The van der Waals surface area contributed by atoms with Gasteiger partial charge in [-0.2, -0.15) is 0 Å². The van der Waals surface area contributed by atoms with Crippen LogP contribution in [-0.4, -0.2) is 23.5 Å². The van der Waals surface area contributed by atoms with E-state index in [1.165, 1.54) is 19.3 Å². The number of hydrogen-bond acceptors (Lipinski definition) is 3. The second-order valence-electron chi connectivity index (χ2n) is 5.84. The monoisotopic (exact) mass is 309 g/mol.